The average molecular weight is 957 g/mol. The molecule has 0 amide bonds. The van der Waals surface area contributed by atoms with Gasteiger partial charge in [0.05, 0.1) is 12.4 Å². The number of piperazine rings is 2. The standard InChI is InChI=1S/C54H56N18/c1-36-30-69(51-49-23-43(33-72(49)64-35-60-51)47-29-62-66(6)37(47)2)18-19-70(36)53-55-24-39(25-56-53)20-38-10-12-40(13-11-38)41-8-7-9-45(21-41)54(3,4)46-27-57-52(58-28-46)68-16-14-67(15-17-68)50-48-22-42(32-71(48)63-34-59-50)44-26-61-65(5)31-44/h7-13,21-29,31-36H,14-20,30H2,1-6H3. The van der Waals surface area contributed by atoms with Gasteiger partial charge in [0, 0.05) is 149 Å². The third kappa shape index (κ3) is 8.31. The summed E-state index contributed by atoms with van der Waals surface area (Å²) >= 11 is 0. The monoisotopic (exact) mass is 956 g/mol. The van der Waals surface area contributed by atoms with Crippen LogP contribution in [0.3, 0.4) is 0 Å². The van der Waals surface area contributed by atoms with Crippen molar-refractivity contribution in [2.45, 2.75) is 45.6 Å². The predicted octanol–water partition coefficient (Wildman–Crippen LogP) is 7.09. The molecule has 2 aromatic carbocycles. The number of hydrogen-bond acceptors (Lipinski definition) is 14. The van der Waals surface area contributed by atoms with Gasteiger partial charge >= 0.3 is 0 Å². The van der Waals surface area contributed by atoms with Crippen molar-refractivity contribution in [3.05, 3.63) is 157 Å². The maximum Gasteiger partial charge on any atom is 0.225 e. The summed E-state index contributed by atoms with van der Waals surface area (Å²) in [5, 5.41) is 17.8. The lowest BCUT2D eigenvalue weighted by molar-refractivity contribution is 0.537. The normalized spacial score (nSPS) is 15.6. The van der Waals surface area contributed by atoms with Crippen molar-refractivity contribution < 1.29 is 0 Å². The Labute approximate surface area is 417 Å². The Kier molecular flexibility index (Phi) is 11.2. The lowest BCUT2D eigenvalue weighted by Crippen LogP contribution is -2.53. The Bertz CT molecular complexity index is 3540. The molecular weight excluding hydrogens is 901 g/mol. The van der Waals surface area contributed by atoms with Gasteiger partial charge in [-0.2, -0.15) is 20.4 Å². The molecule has 1 atom stereocenters. The van der Waals surface area contributed by atoms with Gasteiger partial charge < -0.3 is 19.6 Å². The summed E-state index contributed by atoms with van der Waals surface area (Å²) in [4.78, 5) is 38.2. The molecule has 8 aromatic heterocycles. The van der Waals surface area contributed by atoms with Crippen LogP contribution in [0.1, 0.15) is 48.7 Å². The van der Waals surface area contributed by atoms with E-state index in [2.05, 4.69) is 135 Å². The van der Waals surface area contributed by atoms with Crippen molar-refractivity contribution in [1.29, 1.82) is 0 Å². The van der Waals surface area contributed by atoms with Crippen molar-refractivity contribution in [3.8, 4) is 33.4 Å². The molecule has 0 spiro atoms. The third-order valence-corrected chi connectivity index (χ3v) is 14.7. The van der Waals surface area contributed by atoms with Crippen LogP contribution in [0.15, 0.2) is 129 Å². The summed E-state index contributed by atoms with van der Waals surface area (Å²) in [7, 11) is 3.89. The molecule has 72 heavy (non-hydrogen) atoms. The first-order valence-electron chi connectivity index (χ1n) is 24.5. The van der Waals surface area contributed by atoms with Gasteiger partial charge in [0.15, 0.2) is 11.6 Å². The molecule has 10 aromatic rings. The van der Waals surface area contributed by atoms with Crippen molar-refractivity contribution >= 4 is 34.6 Å². The van der Waals surface area contributed by atoms with Crippen LogP contribution in [0.5, 0.6) is 0 Å². The van der Waals surface area contributed by atoms with E-state index in [9.17, 15) is 0 Å². The molecule has 2 fully saturated rings. The lowest BCUT2D eigenvalue weighted by Gasteiger charge is -2.40. The SMILES string of the molecule is Cc1c(-c2cc3c(N4CCN(c5ncc(Cc6ccc(-c7cccc(C(C)(C)c8cnc(N9CCN(c%10ncnn%11cc(-c%12cnn(C)c%12)cc%10%11)CC9)nc8)c7)cc6)cn5)C(C)C4)ncnn3c2)cnn1C. The van der Waals surface area contributed by atoms with E-state index < -0.39 is 0 Å². The maximum atomic E-state index is 4.91. The van der Waals surface area contributed by atoms with E-state index in [0.717, 1.165) is 126 Å². The minimum absolute atomic E-state index is 0.182. The van der Waals surface area contributed by atoms with Crippen LogP contribution >= 0.6 is 0 Å². The number of anilines is 4. The van der Waals surface area contributed by atoms with Crippen molar-refractivity contribution in [3.63, 3.8) is 0 Å². The quantitative estimate of drug-likeness (QED) is 0.129. The molecule has 0 N–H and O–H groups in total. The summed E-state index contributed by atoms with van der Waals surface area (Å²) in [6, 6.07) is 22.1. The molecule has 2 aliphatic rings. The smallest absolute Gasteiger partial charge is 0.225 e. The van der Waals surface area contributed by atoms with Gasteiger partial charge in [-0.25, -0.2) is 38.9 Å². The molecule has 0 bridgehead atoms. The maximum absolute atomic E-state index is 4.91. The molecule has 12 rings (SSSR count). The van der Waals surface area contributed by atoms with E-state index in [1.165, 1.54) is 22.3 Å². The predicted molar refractivity (Wildman–Crippen MR) is 279 cm³/mol. The summed E-state index contributed by atoms with van der Waals surface area (Å²) in [5.41, 5.74) is 13.9. The number of nitrogens with zero attached hydrogens (tertiary/aromatic N) is 18. The highest BCUT2D eigenvalue weighted by molar-refractivity contribution is 5.79. The molecule has 2 saturated heterocycles. The number of benzene rings is 2. The minimum Gasteiger partial charge on any atom is -0.351 e. The van der Waals surface area contributed by atoms with Gasteiger partial charge in [-0.3, -0.25) is 9.36 Å². The van der Waals surface area contributed by atoms with Gasteiger partial charge in [-0.05, 0) is 59.4 Å². The van der Waals surface area contributed by atoms with Crippen LogP contribution in [0.2, 0.25) is 0 Å². The van der Waals surface area contributed by atoms with Crippen LogP contribution in [0, 0.1) is 6.92 Å². The number of fused-ring (bicyclic) bond motifs is 2. The molecule has 1 unspecified atom stereocenters. The van der Waals surface area contributed by atoms with E-state index in [4.69, 9.17) is 29.9 Å². The Morgan fingerprint density at radius 1 is 0.542 bits per heavy atom. The summed E-state index contributed by atoms with van der Waals surface area (Å²) in [5.74, 6) is 3.35. The topological polar surface area (TPSA) is 161 Å². The van der Waals surface area contributed by atoms with Gasteiger partial charge in [-0.1, -0.05) is 62.4 Å². The first kappa shape index (κ1) is 44.7. The Balaban J connectivity index is 0.657. The average Bonchev–Trinajstić information content (AvgIpc) is 4.23. The van der Waals surface area contributed by atoms with Crippen LogP contribution in [0.25, 0.3) is 44.4 Å². The molecule has 0 aliphatic carbocycles. The molecule has 18 heteroatoms. The molecule has 10 heterocycles. The van der Waals surface area contributed by atoms with Gasteiger partial charge in [0.2, 0.25) is 11.9 Å². The fourth-order valence-corrected chi connectivity index (χ4v) is 10.2. The molecule has 0 saturated carbocycles. The van der Waals surface area contributed by atoms with Gasteiger partial charge in [0.25, 0.3) is 0 Å². The van der Waals surface area contributed by atoms with E-state index in [1.54, 1.807) is 12.7 Å². The zero-order valence-corrected chi connectivity index (χ0v) is 41.4. The van der Waals surface area contributed by atoms with Crippen LogP contribution in [-0.4, -0.2) is 121 Å². The fourth-order valence-electron chi connectivity index (χ4n) is 10.2. The van der Waals surface area contributed by atoms with Crippen molar-refractivity contribution in [2.75, 3.05) is 65.4 Å². The first-order valence-corrected chi connectivity index (χ1v) is 24.5. The van der Waals surface area contributed by atoms with Crippen LogP contribution in [-0.2, 0) is 25.9 Å². The number of rotatable bonds is 11. The molecule has 0 radical (unpaired) electrons. The number of aryl methyl sites for hydroxylation is 2. The highest BCUT2D eigenvalue weighted by Crippen LogP contribution is 2.35. The molecule has 362 valence electrons. The molecule has 2 aliphatic heterocycles. The number of hydrogen-bond donors (Lipinski definition) is 0. The van der Waals surface area contributed by atoms with Crippen molar-refractivity contribution in [2.24, 2.45) is 14.1 Å². The third-order valence-electron chi connectivity index (χ3n) is 14.7. The van der Waals surface area contributed by atoms with E-state index in [1.807, 2.05) is 82.1 Å². The Hall–Kier alpha value is -8.54. The highest BCUT2D eigenvalue weighted by Gasteiger charge is 2.29. The molecule has 18 nitrogen and oxygen atoms in total. The lowest BCUT2D eigenvalue weighted by atomic mass is 9.78. The van der Waals surface area contributed by atoms with Crippen LogP contribution in [0.4, 0.5) is 23.5 Å². The summed E-state index contributed by atoms with van der Waals surface area (Å²) in [6.07, 6.45) is 21.8. The summed E-state index contributed by atoms with van der Waals surface area (Å²) in [6.45, 7) is 14.3. The Morgan fingerprint density at radius 3 is 1.86 bits per heavy atom. The second-order valence-electron chi connectivity index (χ2n) is 19.7. The number of aromatic nitrogens is 14. The van der Waals surface area contributed by atoms with Gasteiger partial charge in [0.1, 0.15) is 23.7 Å². The van der Waals surface area contributed by atoms with E-state index >= 15 is 0 Å². The highest BCUT2D eigenvalue weighted by atomic mass is 15.4. The minimum atomic E-state index is -0.313. The second kappa shape index (κ2) is 18.0. The largest absolute Gasteiger partial charge is 0.351 e. The van der Waals surface area contributed by atoms with E-state index in [-0.39, 0.29) is 11.5 Å². The zero-order valence-electron chi connectivity index (χ0n) is 41.4. The van der Waals surface area contributed by atoms with E-state index in [0.29, 0.717) is 0 Å². The molecular formula is C54H56N18. The first-order chi connectivity index (χ1) is 35.0. The van der Waals surface area contributed by atoms with Crippen LogP contribution < -0.4 is 19.6 Å². The van der Waals surface area contributed by atoms with Gasteiger partial charge in [-0.15, -0.1) is 0 Å². The fraction of sp³-hybridized carbons (Fsp3) is 0.296. The Morgan fingerprint density at radius 2 is 1.19 bits per heavy atom. The summed E-state index contributed by atoms with van der Waals surface area (Å²) < 4.78 is 7.52. The second-order valence-corrected chi connectivity index (χ2v) is 19.7. The van der Waals surface area contributed by atoms with Crippen molar-refractivity contribution in [1.82, 2.24) is 68.7 Å². The zero-order chi connectivity index (χ0) is 49.1.